The first kappa shape index (κ1) is 31.8. The van der Waals surface area contributed by atoms with Gasteiger partial charge in [0.1, 0.15) is 17.3 Å². The number of unbranched alkanes of at least 4 members (excludes halogenated alkanes) is 1. The van der Waals surface area contributed by atoms with Crippen molar-refractivity contribution in [1.29, 1.82) is 0 Å². The molecule has 0 atom stereocenters. The SMILES string of the molecule is C=CC(=O)OCCCCOC(=O)Oc1ccc(C(=O)OC(=C)/C=C\C(=C)OC(=O)c2ccc(-c3ccccc3)cc2)cc1. The second-order valence-corrected chi connectivity index (χ2v) is 8.79. The topological polar surface area (TPSA) is 114 Å². The van der Waals surface area contributed by atoms with E-state index in [1.54, 1.807) is 12.1 Å². The van der Waals surface area contributed by atoms with Gasteiger partial charge in [-0.1, -0.05) is 62.2 Å². The van der Waals surface area contributed by atoms with Gasteiger partial charge in [-0.2, -0.15) is 0 Å². The Morgan fingerprint density at radius 3 is 1.65 bits per heavy atom. The van der Waals surface area contributed by atoms with E-state index >= 15 is 0 Å². The predicted molar refractivity (Wildman–Crippen MR) is 159 cm³/mol. The number of allylic oxidation sites excluding steroid dienone is 2. The van der Waals surface area contributed by atoms with E-state index in [2.05, 4.69) is 19.7 Å². The van der Waals surface area contributed by atoms with E-state index in [-0.39, 0.29) is 36.0 Å². The summed E-state index contributed by atoms with van der Waals surface area (Å²) in [4.78, 5) is 47.6. The minimum Gasteiger partial charge on any atom is -0.463 e. The molecule has 0 heterocycles. The number of hydrogen-bond donors (Lipinski definition) is 0. The molecule has 0 aliphatic rings. The van der Waals surface area contributed by atoms with Crippen molar-refractivity contribution in [2.45, 2.75) is 12.8 Å². The number of carbonyl (C=O) groups is 4. The Hall–Kier alpha value is -5.70. The average molecular weight is 583 g/mol. The maximum absolute atomic E-state index is 12.4. The summed E-state index contributed by atoms with van der Waals surface area (Å²) in [7, 11) is 0. The summed E-state index contributed by atoms with van der Waals surface area (Å²) in [6, 6.07) is 22.3. The molecule has 9 nitrogen and oxygen atoms in total. The molecule has 0 aromatic heterocycles. The monoisotopic (exact) mass is 582 g/mol. The van der Waals surface area contributed by atoms with Crippen LogP contribution in [0.15, 0.2) is 128 Å². The summed E-state index contributed by atoms with van der Waals surface area (Å²) < 4.78 is 25.3. The van der Waals surface area contributed by atoms with Crippen LogP contribution in [0.2, 0.25) is 0 Å². The Balaban J connectivity index is 1.38. The van der Waals surface area contributed by atoms with Gasteiger partial charge in [0.2, 0.25) is 0 Å². The smallest absolute Gasteiger partial charge is 0.463 e. The Morgan fingerprint density at radius 2 is 1.12 bits per heavy atom. The standard InChI is InChI=1S/C34H30O9/c1-4-31(35)39-22-8-9-23-40-34(38)43-30-20-18-29(19-21-30)33(37)42-25(3)13-12-24(2)41-32(36)28-16-14-27(15-17-28)26-10-6-5-7-11-26/h4-7,10-21H,1-3,8-9,22-23H2/b13-12-. The Morgan fingerprint density at radius 1 is 0.628 bits per heavy atom. The van der Waals surface area contributed by atoms with Gasteiger partial charge in [0.15, 0.2) is 0 Å². The first-order valence-electron chi connectivity index (χ1n) is 13.1. The molecule has 0 bridgehead atoms. The molecule has 0 unspecified atom stereocenters. The third-order valence-corrected chi connectivity index (χ3v) is 5.59. The molecule has 3 aromatic carbocycles. The molecule has 0 N–H and O–H groups in total. The van der Waals surface area contributed by atoms with Crippen molar-refractivity contribution in [1.82, 2.24) is 0 Å². The van der Waals surface area contributed by atoms with E-state index in [1.807, 2.05) is 42.5 Å². The van der Waals surface area contributed by atoms with Crippen LogP contribution in [0.5, 0.6) is 5.75 Å². The van der Waals surface area contributed by atoms with Crippen molar-refractivity contribution in [2.75, 3.05) is 13.2 Å². The van der Waals surface area contributed by atoms with Gasteiger partial charge in [0, 0.05) is 6.08 Å². The molecule has 0 saturated heterocycles. The van der Waals surface area contributed by atoms with Gasteiger partial charge in [0.05, 0.1) is 24.3 Å². The van der Waals surface area contributed by atoms with Crippen LogP contribution in [0.3, 0.4) is 0 Å². The Labute approximate surface area is 249 Å². The molecule has 0 fully saturated rings. The van der Waals surface area contributed by atoms with Crippen LogP contribution in [0.25, 0.3) is 11.1 Å². The highest BCUT2D eigenvalue weighted by Gasteiger charge is 2.12. The minimum absolute atomic E-state index is 0.0161. The molecular formula is C34H30O9. The summed E-state index contributed by atoms with van der Waals surface area (Å²) in [6.45, 7) is 10.9. The fourth-order valence-electron chi connectivity index (χ4n) is 3.42. The van der Waals surface area contributed by atoms with E-state index in [4.69, 9.17) is 23.7 Å². The lowest BCUT2D eigenvalue weighted by molar-refractivity contribution is -0.137. The van der Waals surface area contributed by atoms with E-state index in [0.717, 1.165) is 17.2 Å². The van der Waals surface area contributed by atoms with E-state index in [0.29, 0.717) is 18.4 Å². The molecule has 0 radical (unpaired) electrons. The predicted octanol–water partition coefficient (Wildman–Crippen LogP) is 6.98. The highest BCUT2D eigenvalue weighted by atomic mass is 16.7. The molecule has 220 valence electrons. The number of rotatable bonds is 14. The largest absolute Gasteiger partial charge is 0.513 e. The average Bonchev–Trinajstić information content (AvgIpc) is 3.02. The maximum atomic E-state index is 12.4. The first-order chi connectivity index (χ1) is 20.7. The van der Waals surface area contributed by atoms with Crippen LogP contribution in [-0.4, -0.2) is 37.3 Å². The van der Waals surface area contributed by atoms with E-state index in [9.17, 15) is 19.2 Å². The minimum atomic E-state index is -0.915. The van der Waals surface area contributed by atoms with Crippen molar-refractivity contribution < 1.29 is 42.9 Å². The number of carbonyl (C=O) groups excluding carboxylic acids is 4. The van der Waals surface area contributed by atoms with Crippen LogP contribution < -0.4 is 4.74 Å². The Bertz CT molecular complexity index is 1490. The molecule has 3 rings (SSSR count). The van der Waals surface area contributed by atoms with Crippen molar-refractivity contribution in [3.8, 4) is 16.9 Å². The molecule has 9 heteroatoms. The van der Waals surface area contributed by atoms with Gasteiger partial charge in [-0.25, -0.2) is 19.2 Å². The molecular weight excluding hydrogens is 552 g/mol. The van der Waals surface area contributed by atoms with Crippen LogP contribution in [0, 0.1) is 0 Å². The second kappa shape index (κ2) is 16.5. The highest BCUT2D eigenvalue weighted by Crippen LogP contribution is 2.20. The number of esters is 3. The highest BCUT2D eigenvalue weighted by molar-refractivity contribution is 5.91. The fraction of sp³-hybridized carbons (Fsp3) is 0.118. The lowest BCUT2D eigenvalue weighted by Gasteiger charge is -2.08. The number of hydrogen-bond acceptors (Lipinski definition) is 9. The van der Waals surface area contributed by atoms with Crippen molar-refractivity contribution in [3.05, 3.63) is 139 Å². The Kier molecular flexibility index (Phi) is 12.2. The third kappa shape index (κ3) is 11.0. The van der Waals surface area contributed by atoms with Gasteiger partial charge < -0.3 is 23.7 Å². The third-order valence-electron chi connectivity index (χ3n) is 5.59. The van der Waals surface area contributed by atoms with Gasteiger partial charge in [-0.3, -0.25) is 0 Å². The van der Waals surface area contributed by atoms with Gasteiger partial charge in [0.25, 0.3) is 0 Å². The fourth-order valence-corrected chi connectivity index (χ4v) is 3.42. The van der Waals surface area contributed by atoms with Gasteiger partial charge in [-0.05, 0) is 72.5 Å². The van der Waals surface area contributed by atoms with Crippen LogP contribution in [-0.2, 0) is 23.7 Å². The van der Waals surface area contributed by atoms with E-state index < -0.39 is 24.1 Å². The number of ether oxygens (including phenoxy) is 5. The van der Waals surface area contributed by atoms with Crippen LogP contribution >= 0.6 is 0 Å². The first-order valence-corrected chi connectivity index (χ1v) is 13.1. The van der Waals surface area contributed by atoms with Crippen molar-refractivity contribution >= 4 is 24.1 Å². The lowest BCUT2D eigenvalue weighted by atomic mass is 10.0. The van der Waals surface area contributed by atoms with Gasteiger partial charge >= 0.3 is 24.1 Å². The molecule has 43 heavy (non-hydrogen) atoms. The summed E-state index contributed by atoms with van der Waals surface area (Å²) in [5.74, 6) is -1.64. The molecule has 0 aliphatic carbocycles. The van der Waals surface area contributed by atoms with E-state index in [1.165, 1.54) is 36.4 Å². The molecule has 0 spiro atoms. The van der Waals surface area contributed by atoms with Crippen LogP contribution in [0.1, 0.15) is 33.6 Å². The molecule has 0 aliphatic heterocycles. The zero-order valence-electron chi connectivity index (χ0n) is 23.4. The van der Waals surface area contributed by atoms with Gasteiger partial charge in [-0.15, -0.1) is 0 Å². The maximum Gasteiger partial charge on any atom is 0.513 e. The van der Waals surface area contributed by atoms with Crippen molar-refractivity contribution in [3.63, 3.8) is 0 Å². The summed E-state index contributed by atoms with van der Waals surface area (Å²) in [5.41, 5.74) is 2.52. The van der Waals surface area contributed by atoms with Crippen LogP contribution in [0.4, 0.5) is 4.79 Å². The zero-order chi connectivity index (χ0) is 31.0. The number of benzene rings is 3. The summed E-state index contributed by atoms with van der Waals surface area (Å²) in [6.07, 6.45) is 3.82. The molecule has 0 amide bonds. The lowest BCUT2D eigenvalue weighted by Crippen LogP contribution is -2.12. The molecule has 0 saturated carbocycles. The quantitative estimate of drug-likeness (QED) is 0.0378. The zero-order valence-corrected chi connectivity index (χ0v) is 23.4. The summed E-state index contributed by atoms with van der Waals surface area (Å²) >= 11 is 0. The summed E-state index contributed by atoms with van der Waals surface area (Å²) in [5, 5.41) is 0. The molecule has 3 aromatic rings. The van der Waals surface area contributed by atoms with Crippen molar-refractivity contribution in [2.24, 2.45) is 0 Å². The normalized spacial score (nSPS) is 10.3. The second-order valence-electron chi connectivity index (χ2n) is 8.79.